The van der Waals surface area contributed by atoms with Crippen LogP contribution in [0.4, 0.5) is 4.79 Å². The number of nitrogens with zero attached hydrogens (tertiary/aromatic N) is 2. The number of amides is 2. The van der Waals surface area contributed by atoms with Crippen molar-refractivity contribution in [2.45, 2.75) is 25.8 Å². The van der Waals surface area contributed by atoms with Gasteiger partial charge in [-0.15, -0.1) is 6.58 Å². The van der Waals surface area contributed by atoms with E-state index in [2.05, 4.69) is 21.9 Å². The number of urea groups is 1. The molecule has 1 heterocycles. The summed E-state index contributed by atoms with van der Waals surface area (Å²) in [5.41, 5.74) is 0.656. The minimum absolute atomic E-state index is 0.162. The van der Waals surface area contributed by atoms with Gasteiger partial charge in [-0.2, -0.15) is 0 Å². The normalized spacial score (nSPS) is 11.7. The Morgan fingerprint density at radius 3 is 2.90 bits per heavy atom. The lowest BCUT2D eigenvalue weighted by Crippen LogP contribution is -2.49. The van der Waals surface area contributed by atoms with Crippen molar-refractivity contribution in [2.24, 2.45) is 0 Å². The van der Waals surface area contributed by atoms with Gasteiger partial charge >= 0.3 is 12.0 Å². The molecule has 0 aliphatic rings. The molecule has 3 N–H and O–H groups in total. The fourth-order valence-corrected chi connectivity index (χ4v) is 1.76. The van der Waals surface area contributed by atoms with E-state index in [9.17, 15) is 14.7 Å². The van der Waals surface area contributed by atoms with Crippen molar-refractivity contribution >= 4 is 12.0 Å². The summed E-state index contributed by atoms with van der Waals surface area (Å²) in [5.74, 6) is -1.08. The number of aliphatic carboxylic acids is 1. The van der Waals surface area contributed by atoms with E-state index in [4.69, 9.17) is 0 Å². The van der Waals surface area contributed by atoms with Gasteiger partial charge in [-0.05, 0) is 6.42 Å². The van der Waals surface area contributed by atoms with E-state index in [1.54, 1.807) is 6.08 Å². The largest absolute Gasteiger partial charge is 0.480 e. The molecule has 1 rings (SSSR count). The lowest BCUT2D eigenvalue weighted by atomic mass is 10.1. The fourth-order valence-electron chi connectivity index (χ4n) is 1.76. The van der Waals surface area contributed by atoms with E-state index in [1.165, 1.54) is 17.4 Å². The molecule has 0 aliphatic carbocycles. The number of carboxylic acid groups (broad SMARTS) is 1. The number of rotatable bonds is 8. The number of aromatic nitrogens is 2. The maximum absolute atomic E-state index is 12.0. The third-order valence-corrected chi connectivity index (χ3v) is 2.70. The van der Waals surface area contributed by atoms with Gasteiger partial charge in [-0.3, -0.25) is 0 Å². The number of carbonyl (C=O) groups excluding carboxylic acids is 1. The zero-order valence-corrected chi connectivity index (χ0v) is 11.5. The molecule has 1 aromatic rings. The molecule has 7 heteroatoms. The smallest absolute Gasteiger partial charge is 0.326 e. The zero-order chi connectivity index (χ0) is 15.0. The van der Waals surface area contributed by atoms with Crippen LogP contribution in [0.3, 0.4) is 0 Å². The third-order valence-electron chi connectivity index (χ3n) is 2.70. The first-order valence-electron chi connectivity index (χ1n) is 6.44. The molecule has 0 saturated carbocycles. The molecule has 0 saturated heterocycles. The number of imidazole rings is 1. The van der Waals surface area contributed by atoms with Crippen LogP contribution in [0.25, 0.3) is 0 Å². The minimum Gasteiger partial charge on any atom is -0.480 e. The Morgan fingerprint density at radius 1 is 1.65 bits per heavy atom. The average Bonchev–Trinajstić information content (AvgIpc) is 2.90. The van der Waals surface area contributed by atoms with Crippen molar-refractivity contribution in [3.8, 4) is 0 Å². The third kappa shape index (κ3) is 4.75. The van der Waals surface area contributed by atoms with Crippen LogP contribution in [0.15, 0.2) is 25.2 Å². The molecule has 0 radical (unpaired) electrons. The maximum atomic E-state index is 12.0. The van der Waals surface area contributed by atoms with Crippen LogP contribution >= 0.6 is 0 Å². The van der Waals surface area contributed by atoms with Crippen molar-refractivity contribution in [1.82, 2.24) is 20.2 Å². The number of carbonyl (C=O) groups is 2. The number of hydrogen-bond acceptors (Lipinski definition) is 3. The second-order valence-electron chi connectivity index (χ2n) is 4.36. The molecule has 0 spiro atoms. The topological polar surface area (TPSA) is 98.3 Å². The summed E-state index contributed by atoms with van der Waals surface area (Å²) in [6.07, 6.45) is 5.57. The summed E-state index contributed by atoms with van der Waals surface area (Å²) in [6.45, 7) is 6.47. The summed E-state index contributed by atoms with van der Waals surface area (Å²) >= 11 is 0. The van der Waals surface area contributed by atoms with Crippen molar-refractivity contribution < 1.29 is 14.7 Å². The molecule has 0 fully saturated rings. The first kappa shape index (κ1) is 15.7. The molecule has 2 amide bonds. The van der Waals surface area contributed by atoms with Gasteiger partial charge in [0.05, 0.1) is 6.33 Å². The standard InChI is InChI=1S/C13H20N4O3/c1-3-5-17(6-4-2)13(20)16-11(12(18)19)7-10-8-14-9-15-10/h3,8-9,11H,1,4-7H2,2H3,(H,14,15)(H,16,20)(H,18,19)/t11-/m0/s1. The average molecular weight is 280 g/mol. The zero-order valence-electron chi connectivity index (χ0n) is 11.5. The predicted molar refractivity (Wildman–Crippen MR) is 74.3 cm³/mol. The summed E-state index contributed by atoms with van der Waals surface area (Å²) in [5, 5.41) is 11.7. The van der Waals surface area contributed by atoms with E-state index in [0.717, 1.165) is 6.42 Å². The SMILES string of the molecule is C=CCN(CCC)C(=O)N[C@@H](Cc1cnc[nH]1)C(=O)O. The van der Waals surface area contributed by atoms with E-state index in [0.29, 0.717) is 18.8 Å². The second-order valence-corrected chi connectivity index (χ2v) is 4.36. The van der Waals surface area contributed by atoms with Gasteiger partial charge in [0.2, 0.25) is 0 Å². The Morgan fingerprint density at radius 2 is 2.40 bits per heavy atom. The quantitative estimate of drug-likeness (QED) is 0.619. The highest BCUT2D eigenvalue weighted by molar-refractivity contribution is 5.82. The molecule has 0 unspecified atom stereocenters. The lowest BCUT2D eigenvalue weighted by molar-refractivity contribution is -0.139. The van der Waals surface area contributed by atoms with Gasteiger partial charge in [0.1, 0.15) is 6.04 Å². The monoisotopic (exact) mass is 280 g/mol. The number of aromatic amines is 1. The lowest BCUT2D eigenvalue weighted by Gasteiger charge is -2.23. The van der Waals surface area contributed by atoms with Crippen LogP contribution in [0, 0.1) is 0 Å². The Hall–Kier alpha value is -2.31. The summed E-state index contributed by atoms with van der Waals surface area (Å²) in [7, 11) is 0. The van der Waals surface area contributed by atoms with Crippen LogP contribution in [-0.2, 0) is 11.2 Å². The summed E-state index contributed by atoms with van der Waals surface area (Å²) in [4.78, 5) is 31.4. The number of hydrogen-bond donors (Lipinski definition) is 3. The fraction of sp³-hybridized carbons (Fsp3) is 0.462. The predicted octanol–water partition coefficient (Wildman–Crippen LogP) is 1.01. The Labute approximate surface area is 117 Å². The van der Waals surface area contributed by atoms with E-state index in [1.807, 2.05) is 6.92 Å². The molecule has 110 valence electrons. The van der Waals surface area contributed by atoms with Crippen molar-refractivity contribution in [1.29, 1.82) is 0 Å². The molecular formula is C13H20N4O3. The molecular weight excluding hydrogens is 260 g/mol. The summed E-state index contributed by atoms with van der Waals surface area (Å²) < 4.78 is 0. The minimum atomic E-state index is -1.08. The molecule has 0 bridgehead atoms. The second kappa shape index (κ2) is 7.98. The number of nitrogens with one attached hydrogen (secondary N) is 2. The first-order chi connectivity index (χ1) is 9.58. The first-order valence-corrected chi connectivity index (χ1v) is 6.44. The van der Waals surface area contributed by atoms with Crippen LogP contribution in [-0.4, -0.2) is 51.1 Å². The Balaban J connectivity index is 2.66. The van der Waals surface area contributed by atoms with E-state index in [-0.39, 0.29) is 6.42 Å². The molecule has 7 nitrogen and oxygen atoms in total. The van der Waals surface area contributed by atoms with Gasteiger partial charge in [0.25, 0.3) is 0 Å². The van der Waals surface area contributed by atoms with Crippen LogP contribution in [0.1, 0.15) is 19.0 Å². The highest BCUT2D eigenvalue weighted by Gasteiger charge is 2.23. The van der Waals surface area contributed by atoms with Gasteiger partial charge in [-0.25, -0.2) is 14.6 Å². The van der Waals surface area contributed by atoms with Gasteiger partial charge < -0.3 is 20.3 Å². The Bertz CT molecular complexity index is 444. The van der Waals surface area contributed by atoms with Gasteiger partial charge in [0, 0.05) is 31.4 Å². The Kier molecular flexibility index (Phi) is 6.28. The highest BCUT2D eigenvalue weighted by Crippen LogP contribution is 2.01. The van der Waals surface area contributed by atoms with Crippen LogP contribution in [0.2, 0.25) is 0 Å². The molecule has 1 atom stereocenters. The molecule has 0 aromatic carbocycles. The molecule has 0 aliphatic heterocycles. The van der Waals surface area contributed by atoms with E-state index < -0.39 is 18.0 Å². The maximum Gasteiger partial charge on any atom is 0.326 e. The van der Waals surface area contributed by atoms with Crippen LogP contribution in [0.5, 0.6) is 0 Å². The van der Waals surface area contributed by atoms with Crippen molar-refractivity contribution in [3.05, 3.63) is 30.9 Å². The number of carboxylic acids is 1. The van der Waals surface area contributed by atoms with Gasteiger partial charge in [0.15, 0.2) is 0 Å². The molecule has 20 heavy (non-hydrogen) atoms. The van der Waals surface area contributed by atoms with Crippen molar-refractivity contribution in [2.75, 3.05) is 13.1 Å². The van der Waals surface area contributed by atoms with E-state index >= 15 is 0 Å². The summed E-state index contributed by atoms with van der Waals surface area (Å²) in [6, 6.07) is -1.40. The van der Waals surface area contributed by atoms with Crippen LogP contribution < -0.4 is 5.32 Å². The molecule has 1 aromatic heterocycles. The van der Waals surface area contributed by atoms with Gasteiger partial charge in [-0.1, -0.05) is 13.0 Å². The highest BCUT2D eigenvalue weighted by atomic mass is 16.4. The number of H-pyrrole nitrogens is 1. The van der Waals surface area contributed by atoms with Crippen molar-refractivity contribution in [3.63, 3.8) is 0 Å².